The predicted octanol–water partition coefficient (Wildman–Crippen LogP) is 4.67. The number of hydrogen-bond acceptors (Lipinski definition) is 7. The van der Waals surface area contributed by atoms with Gasteiger partial charge in [-0.25, -0.2) is 4.98 Å². The van der Waals surface area contributed by atoms with Crippen molar-refractivity contribution < 1.29 is 23.5 Å². The number of ether oxygens (including phenoxy) is 1. The van der Waals surface area contributed by atoms with Crippen LogP contribution in [0.4, 0.5) is 5.00 Å². The van der Waals surface area contributed by atoms with E-state index in [0.717, 1.165) is 22.5 Å². The average molecular weight is 490 g/mol. The van der Waals surface area contributed by atoms with E-state index in [9.17, 15) is 14.4 Å². The van der Waals surface area contributed by atoms with Gasteiger partial charge in [0.15, 0.2) is 17.8 Å². The first-order valence-electron chi connectivity index (χ1n) is 10.9. The molecule has 9 heteroatoms. The number of hydrogen-bond donors (Lipinski definition) is 2. The topological polar surface area (TPSA) is 125 Å². The summed E-state index contributed by atoms with van der Waals surface area (Å²) in [6.45, 7) is 1.46. The number of amides is 2. The summed E-state index contributed by atoms with van der Waals surface area (Å²) in [5.41, 5.74) is 7.96. The molecule has 2 heterocycles. The van der Waals surface area contributed by atoms with Gasteiger partial charge in [0.2, 0.25) is 0 Å². The molecule has 2 aromatic carbocycles. The number of nitrogens with one attached hydrogen (secondary N) is 1. The van der Waals surface area contributed by atoms with E-state index in [1.54, 1.807) is 5.38 Å². The molecule has 0 fully saturated rings. The maximum atomic E-state index is 12.4. The monoisotopic (exact) mass is 489 g/mol. The largest absolute Gasteiger partial charge is 0.453 e. The Hall–Kier alpha value is -4.24. The van der Waals surface area contributed by atoms with Gasteiger partial charge in [0.05, 0.1) is 12.0 Å². The Morgan fingerprint density at radius 1 is 1.03 bits per heavy atom. The number of thiophene rings is 1. The molecule has 0 aliphatic heterocycles. The van der Waals surface area contributed by atoms with Gasteiger partial charge < -0.3 is 20.2 Å². The molecule has 0 aliphatic carbocycles. The summed E-state index contributed by atoms with van der Waals surface area (Å²) in [5, 5.41) is 4.52. The van der Waals surface area contributed by atoms with E-state index in [1.807, 2.05) is 60.7 Å². The molecular weight excluding hydrogens is 466 g/mol. The second kappa shape index (κ2) is 10.8. The molecule has 178 valence electrons. The van der Waals surface area contributed by atoms with Crippen molar-refractivity contribution >= 4 is 34.1 Å². The molecule has 4 rings (SSSR count). The summed E-state index contributed by atoms with van der Waals surface area (Å²) in [5.74, 6) is -0.774. The van der Waals surface area contributed by atoms with Gasteiger partial charge in [0.25, 0.3) is 11.8 Å². The molecule has 2 amide bonds. The van der Waals surface area contributed by atoms with E-state index >= 15 is 0 Å². The van der Waals surface area contributed by atoms with Gasteiger partial charge in [-0.3, -0.25) is 14.4 Å². The molecule has 8 nitrogen and oxygen atoms in total. The second-order valence-corrected chi connectivity index (χ2v) is 8.58. The predicted molar refractivity (Wildman–Crippen MR) is 133 cm³/mol. The van der Waals surface area contributed by atoms with Crippen LogP contribution in [-0.4, -0.2) is 28.9 Å². The van der Waals surface area contributed by atoms with Crippen molar-refractivity contribution in [3.8, 4) is 22.6 Å². The fourth-order valence-corrected chi connectivity index (χ4v) is 4.18. The van der Waals surface area contributed by atoms with E-state index in [2.05, 4.69) is 10.3 Å². The van der Waals surface area contributed by atoms with Crippen LogP contribution in [-0.2, 0) is 20.7 Å². The first kappa shape index (κ1) is 23.9. The van der Waals surface area contributed by atoms with Gasteiger partial charge in [-0.05, 0) is 18.4 Å². The highest BCUT2D eigenvalue weighted by Gasteiger charge is 2.22. The first-order valence-corrected chi connectivity index (χ1v) is 11.8. The highest BCUT2D eigenvalue weighted by molar-refractivity contribution is 7.14. The van der Waals surface area contributed by atoms with Crippen molar-refractivity contribution in [2.75, 3.05) is 5.32 Å². The van der Waals surface area contributed by atoms with Gasteiger partial charge in [-0.2, -0.15) is 0 Å². The van der Waals surface area contributed by atoms with E-state index < -0.39 is 23.9 Å². The van der Waals surface area contributed by atoms with E-state index in [4.69, 9.17) is 14.9 Å². The number of oxazole rings is 1. The summed E-state index contributed by atoms with van der Waals surface area (Å²) in [7, 11) is 0. The van der Waals surface area contributed by atoms with E-state index in [0.29, 0.717) is 22.3 Å². The van der Waals surface area contributed by atoms with E-state index in [-0.39, 0.29) is 18.4 Å². The van der Waals surface area contributed by atoms with Gasteiger partial charge in [0, 0.05) is 17.5 Å². The Bertz CT molecular complexity index is 1270. The molecule has 1 atom stereocenters. The summed E-state index contributed by atoms with van der Waals surface area (Å²) in [6.07, 6.45) is -0.877. The molecule has 0 aliphatic rings. The van der Waals surface area contributed by atoms with Crippen LogP contribution in [0.5, 0.6) is 0 Å². The van der Waals surface area contributed by atoms with Crippen LogP contribution in [0.3, 0.4) is 0 Å². The fourth-order valence-electron chi connectivity index (χ4n) is 3.38. The number of carbonyl (C=O) groups excluding carboxylic acids is 3. The quantitative estimate of drug-likeness (QED) is 0.329. The van der Waals surface area contributed by atoms with Gasteiger partial charge in [0.1, 0.15) is 10.7 Å². The number of aryl methyl sites for hydroxylation is 1. The number of nitrogens with two attached hydrogens (primary N) is 1. The lowest BCUT2D eigenvalue weighted by atomic mass is 10.1. The lowest BCUT2D eigenvalue weighted by Gasteiger charge is -2.13. The minimum atomic E-state index is -1.06. The molecule has 0 saturated heterocycles. The van der Waals surface area contributed by atoms with Crippen LogP contribution in [0.15, 0.2) is 76.5 Å². The molecule has 0 saturated carbocycles. The number of esters is 1. The number of nitrogens with zero attached hydrogens (tertiary/aromatic N) is 1. The summed E-state index contributed by atoms with van der Waals surface area (Å²) < 4.78 is 11.3. The van der Waals surface area contributed by atoms with Crippen molar-refractivity contribution in [3.05, 3.63) is 83.6 Å². The number of aromatic nitrogens is 1. The standard InChI is InChI=1S/C26H23N3O5S/c1-16(25(32)29-26-19(24(27)31)14-15-35-26)33-21(30)13-12-20-28-22(17-8-4-2-5-9-17)23(34-20)18-10-6-3-7-11-18/h2-11,14-16H,12-13H2,1H3,(H2,27,31)(H,29,32). The summed E-state index contributed by atoms with van der Waals surface area (Å²) >= 11 is 1.16. The van der Waals surface area contributed by atoms with E-state index in [1.165, 1.54) is 13.0 Å². The zero-order valence-electron chi connectivity index (χ0n) is 18.9. The zero-order chi connectivity index (χ0) is 24.8. The number of anilines is 1. The third-order valence-corrected chi connectivity index (χ3v) is 5.97. The SMILES string of the molecule is CC(OC(=O)CCc1nc(-c2ccccc2)c(-c2ccccc2)o1)C(=O)Nc1sccc1C(N)=O. The third-order valence-electron chi connectivity index (χ3n) is 5.14. The van der Waals surface area contributed by atoms with Crippen LogP contribution >= 0.6 is 11.3 Å². The highest BCUT2D eigenvalue weighted by atomic mass is 32.1. The Morgan fingerprint density at radius 2 is 1.69 bits per heavy atom. The summed E-state index contributed by atoms with van der Waals surface area (Å²) in [6, 6.07) is 20.8. The van der Waals surface area contributed by atoms with Crippen molar-refractivity contribution in [1.29, 1.82) is 0 Å². The lowest BCUT2D eigenvalue weighted by molar-refractivity contribution is -0.153. The van der Waals surface area contributed by atoms with Crippen LogP contribution in [0.2, 0.25) is 0 Å². The third kappa shape index (κ3) is 5.82. The van der Waals surface area contributed by atoms with Gasteiger partial charge in [-0.1, -0.05) is 60.7 Å². The molecule has 2 aromatic heterocycles. The molecule has 0 spiro atoms. The van der Waals surface area contributed by atoms with Crippen molar-refractivity contribution in [2.24, 2.45) is 5.73 Å². The Morgan fingerprint density at radius 3 is 2.34 bits per heavy atom. The molecular formula is C26H23N3O5S. The maximum Gasteiger partial charge on any atom is 0.307 e. The van der Waals surface area contributed by atoms with Gasteiger partial charge in [-0.15, -0.1) is 11.3 Å². The van der Waals surface area contributed by atoms with Crippen molar-refractivity contribution in [2.45, 2.75) is 25.9 Å². The molecule has 35 heavy (non-hydrogen) atoms. The van der Waals surface area contributed by atoms with Gasteiger partial charge >= 0.3 is 5.97 Å². The van der Waals surface area contributed by atoms with Crippen LogP contribution in [0.1, 0.15) is 29.6 Å². The van der Waals surface area contributed by atoms with Crippen molar-refractivity contribution in [1.82, 2.24) is 4.98 Å². The number of benzene rings is 2. The first-order chi connectivity index (χ1) is 16.9. The highest BCUT2D eigenvalue weighted by Crippen LogP contribution is 2.33. The minimum absolute atomic E-state index is 0.0217. The van der Waals surface area contributed by atoms with Crippen LogP contribution in [0.25, 0.3) is 22.6 Å². The Kier molecular flexibility index (Phi) is 7.37. The second-order valence-electron chi connectivity index (χ2n) is 7.67. The van der Waals surface area contributed by atoms with Crippen molar-refractivity contribution in [3.63, 3.8) is 0 Å². The number of carbonyl (C=O) groups is 3. The number of rotatable bonds is 9. The smallest absolute Gasteiger partial charge is 0.307 e. The number of primary amides is 1. The fraction of sp³-hybridized carbons (Fsp3) is 0.154. The van der Waals surface area contributed by atoms with Crippen LogP contribution < -0.4 is 11.1 Å². The molecule has 0 radical (unpaired) electrons. The average Bonchev–Trinajstić information content (AvgIpc) is 3.51. The maximum absolute atomic E-state index is 12.4. The lowest BCUT2D eigenvalue weighted by Crippen LogP contribution is -2.30. The minimum Gasteiger partial charge on any atom is -0.453 e. The summed E-state index contributed by atoms with van der Waals surface area (Å²) in [4.78, 5) is 40.8. The normalized spacial score (nSPS) is 11.6. The zero-order valence-corrected chi connectivity index (χ0v) is 19.7. The Labute approximate surface area is 205 Å². The molecule has 0 bridgehead atoms. The van der Waals surface area contributed by atoms with Crippen LogP contribution in [0, 0.1) is 0 Å². The Balaban J connectivity index is 1.40. The molecule has 3 N–H and O–H groups in total. The molecule has 4 aromatic rings. The molecule has 1 unspecified atom stereocenters.